The minimum absolute atomic E-state index is 0.00903. The van der Waals surface area contributed by atoms with Crippen LogP contribution < -0.4 is 10.2 Å². The van der Waals surface area contributed by atoms with Gasteiger partial charge in [-0.2, -0.15) is 0 Å². The SMILES string of the molecule is Cc1cc(C)c2nc(N3CCC[C@H](C(=O)N[C@@H](C)c4ccccc4)C3)sc2c1. The molecule has 0 saturated carbocycles. The van der Waals surface area contributed by atoms with Gasteiger partial charge in [0.2, 0.25) is 5.91 Å². The molecule has 1 aliphatic rings. The number of anilines is 1. The van der Waals surface area contributed by atoms with Crippen LogP contribution in [-0.4, -0.2) is 24.0 Å². The molecule has 0 aliphatic carbocycles. The first kappa shape index (κ1) is 18.9. The molecule has 3 aromatic rings. The van der Waals surface area contributed by atoms with Crippen molar-refractivity contribution in [2.45, 2.75) is 39.7 Å². The van der Waals surface area contributed by atoms with E-state index in [1.54, 1.807) is 11.3 Å². The Hall–Kier alpha value is -2.40. The summed E-state index contributed by atoms with van der Waals surface area (Å²) in [7, 11) is 0. The van der Waals surface area contributed by atoms with Crippen molar-refractivity contribution in [1.82, 2.24) is 10.3 Å². The summed E-state index contributed by atoms with van der Waals surface area (Å²) in [6.45, 7) is 8.00. The lowest BCUT2D eigenvalue weighted by Gasteiger charge is -2.32. The van der Waals surface area contributed by atoms with Gasteiger partial charge in [0, 0.05) is 13.1 Å². The number of carbonyl (C=O) groups excluding carboxylic acids is 1. The number of nitrogens with one attached hydrogen (secondary N) is 1. The highest BCUT2D eigenvalue weighted by molar-refractivity contribution is 7.22. The lowest BCUT2D eigenvalue weighted by molar-refractivity contribution is -0.125. The quantitative estimate of drug-likeness (QED) is 0.678. The van der Waals surface area contributed by atoms with E-state index in [9.17, 15) is 4.79 Å². The van der Waals surface area contributed by atoms with Gasteiger partial charge >= 0.3 is 0 Å². The van der Waals surface area contributed by atoms with E-state index in [0.29, 0.717) is 0 Å². The second kappa shape index (κ2) is 7.92. The standard InChI is InChI=1S/C23H27N3OS/c1-15-12-16(2)21-20(13-15)28-23(25-21)26-11-7-10-19(14-26)22(27)24-17(3)18-8-5-4-6-9-18/h4-6,8-9,12-13,17,19H,7,10-11,14H2,1-3H3,(H,24,27)/t17-,19-/m0/s1. The Labute approximate surface area is 170 Å². The van der Waals surface area contributed by atoms with Gasteiger partial charge in [-0.15, -0.1) is 0 Å². The number of hydrogen-bond donors (Lipinski definition) is 1. The summed E-state index contributed by atoms with van der Waals surface area (Å²) in [5, 5.41) is 4.24. The number of thiazole rings is 1. The molecule has 28 heavy (non-hydrogen) atoms. The van der Waals surface area contributed by atoms with Crippen molar-refractivity contribution in [3.05, 3.63) is 59.2 Å². The number of aryl methyl sites for hydroxylation is 2. The Balaban J connectivity index is 1.47. The van der Waals surface area contributed by atoms with Gasteiger partial charge in [0.15, 0.2) is 5.13 Å². The molecule has 4 nitrogen and oxygen atoms in total. The number of amides is 1. The normalized spacial score (nSPS) is 18.2. The van der Waals surface area contributed by atoms with E-state index in [-0.39, 0.29) is 17.9 Å². The number of rotatable bonds is 4. The summed E-state index contributed by atoms with van der Waals surface area (Å²) in [6.07, 6.45) is 1.96. The van der Waals surface area contributed by atoms with Crippen LogP contribution in [0.15, 0.2) is 42.5 Å². The Morgan fingerprint density at radius 3 is 2.82 bits per heavy atom. The summed E-state index contributed by atoms with van der Waals surface area (Å²) in [5.41, 5.74) is 4.72. The van der Waals surface area contributed by atoms with Crippen LogP contribution in [0.2, 0.25) is 0 Å². The Bertz CT molecular complexity index is 982. The molecule has 0 radical (unpaired) electrons. The van der Waals surface area contributed by atoms with Crippen molar-refractivity contribution < 1.29 is 4.79 Å². The van der Waals surface area contributed by atoms with Crippen LogP contribution in [0.3, 0.4) is 0 Å². The van der Waals surface area contributed by atoms with E-state index in [4.69, 9.17) is 4.98 Å². The molecule has 1 saturated heterocycles. The lowest BCUT2D eigenvalue weighted by atomic mass is 9.96. The van der Waals surface area contributed by atoms with Gasteiger partial charge < -0.3 is 10.2 Å². The van der Waals surface area contributed by atoms with Crippen molar-refractivity contribution in [3.63, 3.8) is 0 Å². The molecule has 1 fully saturated rings. The second-order valence-corrected chi connectivity index (χ2v) is 8.86. The first-order chi connectivity index (χ1) is 13.5. The first-order valence-corrected chi connectivity index (χ1v) is 10.8. The van der Waals surface area contributed by atoms with Crippen molar-refractivity contribution >= 4 is 32.6 Å². The predicted molar refractivity (Wildman–Crippen MR) is 117 cm³/mol. The highest BCUT2D eigenvalue weighted by Crippen LogP contribution is 2.33. The molecule has 5 heteroatoms. The molecule has 1 aromatic heterocycles. The number of benzene rings is 2. The third kappa shape index (κ3) is 3.90. The van der Waals surface area contributed by atoms with Gasteiger partial charge in [0.25, 0.3) is 0 Å². The Kier molecular flexibility index (Phi) is 5.36. The van der Waals surface area contributed by atoms with Gasteiger partial charge in [-0.05, 0) is 56.4 Å². The van der Waals surface area contributed by atoms with Crippen LogP contribution in [0, 0.1) is 19.8 Å². The van der Waals surface area contributed by atoms with Gasteiger partial charge in [-0.3, -0.25) is 4.79 Å². The van der Waals surface area contributed by atoms with Gasteiger partial charge in [0.1, 0.15) is 0 Å². The summed E-state index contributed by atoms with van der Waals surface area (Å²) in [6, 6.07) is 14.6. The lowest BCUT2D eigenvalue weighted by Crippen LogP contribution is -2.43. The number of piperidine rings is 1. The summed E-state index contributed by atoms with van der Waals surface area (Å²) in [5.74, 6) is 0.156. The number of aromatic nitrogens is 1. The molecule has 2 aromatic carbocycles. The summed E-state index contributed by atoms with van der Waals surface area (Å²) >= 11 is 1.74. The van der Waals surface area contributed by atoms with Gasteiger partial charge in [-0.25, -0.2) is 4.98 Å². The van der Waals surface area contributed by atoms with Crippen LogP contribution in [0.4, 0.5) is 5.13 Å². The highest BCUT2D eigenvalue weighted by Gasteiger charge is 2.28. The minimum Gasteiger partial charge on any atom is -0.349 e. The summed E-state index contributed by atoms with van der Waals surface area (Å²) < 4.78 is 1.23. The number of fused-ring (bicyclic) bond motifs is 1. The topological polar surface area (TPSA) is 45.2 Å². The molecule has 1 amide bonds. The van der Waals surface area contributed by atoms with E-state index >= 15 is 0 Å². The minimum atomic E-state index is 0.00903. The first-order valence-electron chi connectivity index (χ1n) is 9.99. The molecule has 0 unspecified atom stereocenters. The van der Waals surface area contributed by atoms with Crippen molar-refractivity contribution in [1.29, 1.82) is 0 Å². The largest absolute Gasteiger partial charge is 0.349 e. The second-order valence-electron chi connectivity index (χ2n) is 7.85. The zero-order chi connectivity index (χ0) is 19.7. The van der Waals surface area contributed by atoms with Crippen molar-refractivity contribution in [3.8, 4) is 0 Å². The van der Waals surface area contributed by atoms with E-state index in [0.717, 1.165) is 42.1 Å². The molecular formula is C23H27N3OS. The number of carbonyl (C=O) groups is 1. The maximum atomic E-state index is 12.9. The average Bonchev–Trinajstić information content (AvgIpc) is 3.13. The van der Waals surface area contributed by atoms with Crippen LogP contribution in [0.5, 0.6) is 0 Å². The van der Waals surface area contributed by atoms with Gasteiger partial charge in [0.05, 0.1) is 22.2 Å². The molecule has 1 aliphatic heterocycles. The predicted octanol–water partition coefficient (Wildman–Crippen LogP) is 5.01. The van der Waals surface area contributed by atoms with E-state index in [1.807, 2.05) is 25.1 Å². The maximum absolute atomic E-state index is 12.9. The molecule has 0 spiro atoms. The smallest absolute Gasteiger partial charge is 0.225 e. The monoisotopic (exact) mass is 393 g/mol. The molecule has 146 valence electrons. The summed E-state index contributed by atoms with van der Waals surface area (Å²) in [4.78, 5) is 20.1. The molecule has 0 bridgehead atoms. The van der Waals surface area contributed by atoms with Crippen molar-refractivity contribution in [2.24, 2.45) is 5.92 Å². The average molecular weight is 394 g/mol. The third-order valence-corrected chi connectivity index (χ3v) is 6.60. The maximum Gasteiger partial charge on any atom is 0.225 e. The molecule has 2 atom stereocenters. The number of nitrogens with zero attached hydrogens (tertiary/aromatic N) is 2. The van der Waals surface area contributed by atoms with Crippen LogP contribution >= 0.6 is 11.3 Å². The zero-order valence-electron chi connectivity index (χ0n) is 16.7. The van der Waals surface area contributed by atoms with E-state index < -0.39 is 0 Å². The van der Waals surface area contributed by atoms with E-state index in [1.165, 1.54) is 15.8 Å². The van der Waals surface area contributed by atoms with Crippen molar-refractivity contribution in [2.75, 3.05) is 18.0 Å². The molecule has 1 N–H and O–H groups in total. The van der Waals surface area contributed by atoms with Crippen LogP contribution in [-0.2, 0) is 4.79 Å². The molecule has 4 rings (SSSR count). The Morgan fingerprint density at radius 1 is 1.25 bits per heavy atom. The fourth-order valence-electron chi connectivity index (χ4n) is 4.02. The molecular weight excluding hydrogens is 366 g/mol. The van der Waals surface area contributed by atoms with Crippen LogP contribution in [0.1, 0.15) is 42.5 Å². The van der Waals surface area contributed by atoms with Crippen LogP contribution in [0.25, 0.3) is 10.2 Å². The third-order valence-electron chi connectivity index (χ3n) is 5.54. The Morgan fingerprint density at radius 2 is 2.04 bits per heavy atom. The fraction of sp³-hybridized carbons (Fsp3) is 0.391. The highest BCUT2D eigenvalue weighted by atomic mass is 32.1. The van der Waals surface area contributed by atoms with Gasteiger partial charge in [-0.1, -0.05) is 47.7 Å². The fourth-order valence-corrected chi connectivity index (χ4v) is 5.19. The molecule has 2 heterocycles. The number of hydrogen-bond acceptors (Lipinski definition) is 4. The van der Waals surface area contributed by atoms with E-state index in [2.05, 4.69) is 48.3 Å². The zero-order valence-corrected chi connectivity index (χ0v) is 17.6.